The summed E-state index contributed by atoms with van der Waals surface area (Å²) >= 11 is 0. The maximum atomic E-state index is 11.6. The van der Waals surface area contributed by atoms with Gasteiger partial charge in [-0.2, -0.15) is 0 Å². The summed E-state index contributed by atoms with van der Waals surface area (Å²) in [6, 6.07) is 3.66. The van der Waals surface area contributed by atoms with Crippen LogP contribution in [0.4, 0.5) is 0 Å². The zero-order valence-electron chi connectivity index (χ0n) is 14.9. The fourth-order valence-electron chi connectivity index (χ4n) is 3.35. The van der Waals surface area contributed by atoms with Gasteiger partial charge in [0.2, 0.25) is 0 Å². The molecule has 0 aliphatic rings. The molecule has 1 heterocycles. The Hall–Kier alpha value is -1.81. The quantitative estimate of drug-likeness (QED) is 0.880. The lowest BCUT2D eigenvalue weighted by molar-refractivity contribution is 0.0697. The van der Waals surface area contributed by atoms with Gasteiger partial charge in [-0.1, -0.05) is 34.1 Å². The first kappa shape index (κ1) is 17.5. The topological polar surface area (TPSA) is 68.2 Å². The van der Waals surface area contributed by atoms with E-state index in [1.165, 1.54) is 11.3 Å². The largest absolute Gasteiger partial charge is 0.478 e. The van der Waals surface area contributed by atoms with E-state index in [2.05, 4.69) is 39.2 Å². The lowest BCUT2D eigenvalue weighted by atomic mass is 9.84. The Morgan fingerprint density at radius 1 is 1.30 bits per heavy atom. The number of carboxylic acids is 1. The lowest BCUT2D eigenvalue weighted by Gasteiger charge is -2.23. The summed E-state index contributed by atoms with van der Waals surface area (Å²) in [5, 5.41) is 10.6. The summed E-state index contributed by atoms with van der Waals surface area (Å²) in [5.74, 6) is -0.871. The van der Waals surface area contributed by atoms with Crippen LogP contribution >= 0.6 is 0 Å². The molecule has 0 fully saturated rings. The highest BCUT2D eigenvalue weighted by atomic mass is 16.4. The maximum absolute atomic E-state index is 11.6. The normalized spacial score (nSPS) is 12.1. The number of aromatic carboxylic acids is 1. The van der Waals surface area contributed by atoms with Crippen LogP contribution in [0.5, 0.6) is 0 Å². The van der Waals surface area contributed by atoms with Crippen molar-refractivity contribution in [2.45, 2.75) is 59.4 Å². The Balaban J connectivity index is 2.96. The van der Waals surface area contributed by atoms with E-state index in [4.69, 9.17) is 5.73 Å². The second-order valence-electron chi connectivity index (χ2n) is 7.23. The number of nitrogens with two attached hydrogens (primary N) is 1. The summed E-state index contributed by atoms with van der Waals surface area (Å²) in [7, 11) is 0. The van der Waals surface area contributed by atoms with Crippen molar-refractivity contribution >= 4 is 16.9 Å². The van der Waals surface area contributed by atoms with Gasteiger partial charge in [0.1, 0.15) is 0 Å². The summed E-state index contributed by atoms with van der Waals surface area (Å²) in [4.78, 5) is 11.6. The minimum atomic E-state index is -0.871. The van der Waals surface area contributed by atoms with E-state index in [9.17, 15) is 9.90 Å². The van der Waals surface area contributed by atoms with Crippen molar-refractivity contribution in [3.8, 4) is 0 Å². The van der Waals surface area contributed by atoms with Gasteiger partial charge in [-0.25, -0.2) is 4.79 Å². The first-order valence-electron chi connectivity index (χ1n) is 8.31. The summed E-state index contributed by atoms with van der Waals surface area (Å²) in [5.41, 5.74) is 10.7. The van der Waals surface area contributed by atoms with Crippen molar-refractivity contribution in [1.82, 2.24) is 4.57 Å². The third-order valence-electron chi connectivity index (χ3n) is 4.45. The van der Waals surface area contributed by atoms with Crippen LogP contribution in [0.15, 0.2) is 12.1 Å². The number of fused-ring (bicyclic) bond motifs is 1. The highest BCUT2D eigenvalue weighted by Crippen LogP contribution is 2.36. The van der Waals surface area contributed by atoms with Crippen LogP contribution in [-0.4, -0.2) is 22.2 Å². The van der Waals surface area contributed by atoms with Gasteiger partial charge in [0, 0.05) is 24.2 Å². The van der Waals surface area contributed by atoms with Gasteiger partial charge in [0.05, 0.1) is 11.1 Å². The molecule has 0 aliphatic carbocycles. The van der Waals surface area contributed by atoms with Crippen LogP contribution in [-0.2, 0) is 18.4 Å². The minimum Gasteiger partial charge on any atom is -0.478 e. The van der Waals surface area contributed by atoms with Crippen molar-refractivity contribution in [3.05, 3.63) is 34.5 Å². The number of hydrogen-bond acceptors (Lipinski definition) is 2. The Labute approximate surface area is 138 Å². The molecule has 2 aromatic rings. The molecule has 2 rings (SSSR count). The third-order valence-corrected chi connectivity index (χ3v) is 4.45. The van der Waals surface area contributed by atoms with Gasteiger partial charge in [-0.05, 0) is 42.0 Å². The van der Waals surface area contributed by atoms with E-state index in [0.29, 0.717) is 12.1 Å². The fraction of sp³-hybridized carbons (Fsp3) is 0.526. The van der Waals surface area contributed by atoms with Crippen LogP contribution in [0, 0.1) is 6.92 Å². The van der Waals surface area contributed by atoms with E-state index in [1.54, 1.807) is 0 Å². The zero-order valence-corrected chi connectivity index (χ0v) is 14.9. The number of carboxylic acid groups (broad SMARTS) is 1. The molecule has 4 heteroatoms. The van der Waals surface area contributed by atoms with E-state index in [1.807, 2.05) is 12.1 Å². The molecule has 0 aliphatic heterocycles. The van der Waals surface area contributed by atoms with Crippen LogP contribution in [0.25, 0.3) is 10.9 Å². The molecule has 0 radical (unpaired) electrons. The van der Waals surface area contributed by atoms with Crippen molar-refractivity contribution in [3.63, 3.8) is 0 Å². The zero-order chi connectivity index (χ0) is 17.4. The molecule has 3 N–H and O–H groups in total. The highest BCUT2D eigenvalue weighted by Gasteiger charge is 2.25. The summed E-state index contributed by atoms with van der Waals surface area (Å²) in [6.45, 7) is 12.0. The van der Waals surface area contributed by atoms with Crippen LogP contribution in [0.2, 0.25) is 0 Å². The molecule has 0 amide bonds. The van der Waals surface area contributed by atoms with Gasteiger partial charge in [0.15, 0.2) is 0 Å². The molecule has 0 unspecified atom stereocenters. The van der Waals surface area contributed by atoms with Gasteiger partial charge >= 0.3 is 5.97 Å². The SMILES string of the molecule is CCCc1c(C)n(CCN)c2c(C(C)(C)C)cc(C(=O)O)cc12. The molecule has 0 bridgehead atoms. The molecule has 23 heavy (non-hydrogen) atoms. The number of rotatable bonds is 5. The van der Waals surface area contributed by atoms with E-state index >= 15 is 0 Å². The first-order chi connectivity index (χ1) is 10.7. The molecular weight excluding hydrogens is 288 g/mol. The number of nitrogens with zero attached hydrogens (tertiary/aromatic N) is 1. The van der Waals surface area contributed by atoms with Gasteiger partial charge in [-0.15, -0.1) is 0 Å². The Morgan fingerprint density at radius 2 is 1.96 bits per heavy atom. The molecule has 0 saturated heterocycles. The average Bonchev–Trinajstić information content (AvgIpc) is 2.71. The second kappa shape index (κ2) is 6.36. The maximum Gasteiger partial charge on any atom is 0.335 e. The van der Waals surface area contributed by atoms with Crippen molar-refractivity contribution in [1.29, 1.82) is 0 Å². The Morgan fingerprint density at radius 3 is 2.43 bits per heavy atom. The monoisotopic (exact) mass is 316 g/mol. The molecule has 0 spiro atoms. The predicted molar refractivity (Wildman–Crippen MR) is 95.4 cm³/mol. The van der Waals surface area contributed by atoms with Crippen LogP contribution in [0.3, 0.4) is 0 Å². The Kier molecular flexibility index (Phi) is 4.85. The minimum absolute atomic E-state index is 0.135. The van der Waals surface area contributed by atoms with Gasteiger partial charge < -0.3 is 15.4 Å². The highest BCUT2D eigenvalue weighted by molar-refractivity contribution is 5.97. The third kappa shape index (κ3) is 3.13. The first-order valence-corrected chi connectivity index (χ1v) is 8.31. The van der Waals surface area contributed by atoms with E-state index in [-0.39, 0.29) is 5.41 Å². The summed E-state index contributed by atoms with van der Waals surface area (Å²) in [6.07, 6.45) is 1.98. The van der Waals surface area contributed by atoms with E-state index in [0.717, 1.165) is 35.9 Å². The molecule has 0 saturated carbocycles. The van der Waals surface area contributed by atoms with E-state index < -0.39 is 5.97 Å². The van der Waals surface area contributed by atoms with Gasteiger partial charge in [-0.3, -0.25) is 0 Å². The predicted octanol–water partition coefficient (Wildman–Crippen LogP) is 3.86. The smallest absolute Gasteiger partial charge is 0.335 e. The molecular formula is C19H28N2O2. The van der Waals surface area contributed by atoms with Crippen molar-refractivity contribution in [2.75, 3.05) is 6.54 Å². The van der Waals surface area contributed by atoms with Crippen molar-refractivity contribution in [2.24, 2.45) is 5.73 Å². The van der Waals surface area contributed by atoms with Gasteiger partial charge in [0.25, 0.3) is 0 Å². The number of aryl methyl sites for hydroxylation is 1. The molecule has 126 valence electrons. The number of hydrogen-bond donors (Lipinski definition) is 2. The summed E-state index contributed by atoms with van der Waals surface area (Å²) < 4.78 is 2.27. The molecule has 0 atom stereocenters. The number of aromatic nitrogens is 1. The fourth-order valence-corrected chi connectivity index (χ4v) is 3.35. The molecule has 4 nitrogen and oxygen atoms in total. The lowest BCUT2D eigenvalue weighted by Crippen LogP contribution is -2.17. The Bertz CT molecular complexity index is 736. The van der Waals surface area contributed by atoms with Crippen LogP contribution in [0.1, 0.15) is 61.3 Å². The average molecular weight is 316 g/mol. The number of benzene rings is 1. The number of carbonyl (C=O) groups is 1. The van der Waals surface area contributed by atoms with Crippen LogP contribution < -0.4 is 5.73 Å². The molecule has 1 aromatic carbocycles. The molecule has 1 aromatic heterocycles. The standard InChI is InChI=1S/C19H28N2O2/c1-6-7-14-12(2)21(9-8-20)17-15(14)10-13(18(22)23)11-16(17)19(3,4)5/h10-11H,6-9,20H2,1-5H3,(H,22,23). The van der Waals surface area contributed by atoms with Crippen molar-refractivity contribution < 1.29 is 9.90 Å². The second-order valence-corrected chi connectivity index (χ2v) is 7.23.